The van der Waals surface area contributed by atoms with E-state index in [-0.39, 0.29) is 11.8 Å². The average molecular weight is 267 g/mol. The first-order chi connectivity index (χ1) is 8.58. The third-order valence-electron chi connectivity index (χ3n) is 2.60. The Balaban J connectivity index is 2.22. The van der Waals surface area contributed by atoms with Gasteiger partial charge in [-0.1, -0.05) is 17.7 Å². The number of halogens is 2. The summed E-state index contributed by atoms with van der Waals surface area (Å²) in [4.78, 5) is 3.96. The Morgan fingerprint density at radius 1 is 1.39 bits per heavy atom. The van der Waals surface area contributed by atoms with Crippen LogP contribution in [0.2, 0.25) is 5.02 Å². The first-order valence-corrected chi connectivity index (χ1v) is 5.80. The molecule has 0 aliphatic carbocycles. The fourth-order valence-electron chi connectivity index (χ4n) is 1.68. The summed E-state index contributed by atoms with van der Waals surface area (Å²) in [7, 11) is 0. The molecule has 3 nitrogen and oxygen atoms in total. The number of aromatic hydroxyl groups is 1. The molecule has 18 heavy (non-hydrogen) atoms. The van der Waals surface area contributed by atoms with Crippen molar-refractivity contribution >= 4 is 17.3 Å². The molecule has 0 radical (unpaired) electrons. The van der Waals surface area contributed by atoms with E-state index in [9.17, 15) is 9.50 Å². The molecule has 0 spiro atoms. The van der Waals surface area contributed by atoms with Gasteiger partial charge in [0.05, 0.1) is 22.9 Å². The minimum atomic E-state index is -0.470. The standard InChI is InChI=1S/C13H12ClFN2O/c1-8(10-3-2-9(15)6-13(10)18)17-12-7-16-5-4-11(12)14/h2-8,17-18H,1H3. The molecule has 0 amide bonds. The lowest BCUT2D eigenvalue weighted by Crippen LogP contribution is -2.07. The number of benzene rings is 1. The molecule has 1 atom stereocenters. The van der Waals surface area contributed by atoms with Crippen LogP contribution in [-0.4, -0.2) is 10.1 Å². The molecular weight excluding hydrogens is 255 g/mol. The molecule has 2 rings (SSSR count). The van der Waals surface area contributed by atoms with Gasteiger partial charge in [-0.3, -0.25) is 4.98 Å². The van der Waals surface area contributed by atoms with Crippen molar-refractivity contribution in [3.05, 3.63) is 53.1 Å². The van der Waals surface area contributed by atoms with Gasteiger partial charge in [-0.2, -0.15) is 0 Å². The quantitative estimate of drug-likeness (QED) is 0.889. The molecule has 0 fully saturated rings. The van der Waals surface area contributed by atoms with Crippen molar-refractivity contribution in [1.82, 2.24) is 4.98 Å². The monoisotopic (exact) mass is 266 g/mol. The SMILES string of the molecule is CC(Nc1cnccc1Cl)c1ccc(F)cc1O. The van der Waals surface area contributed by atoms with E-state index >= 15 is 0 Å². The van der Waals surface area contributed by atoms with Crippen LogP contribution in [0.3, 0.4) is 0 Å². The third-order valence-corrected chi connectivity index (χ3v) is 2.93. The van der Waals surface area contributed by atoms with Gasteiger partial charge in [-0.05, 0) is 19.1 Å². The summed E-state index contributed by atoms with van der Waals surface area (Å²) >= 11 is 6.00. The van der Waals surface area contributed by atoms with Crippen LogP contribution in [0.1, 0.15) is 18.5 Å². The second kappa shape index (κ2) is 5.23. The van der Waals surface area contributed by atoms with Gasteiger partial charge in [0.1, 0.15) is 11.6 Å². The normalized spacial score (nSPS) is 12.2. The molecule has 94 valence electrons. The number of hydrogen-bond donors (Lipinski definition) is 2. The molecular formula is C13H12ClFN2O. The highest BCUT2D eigenvalue weighted by atomic mass is 35.5. The van der Waals surface area contributed by atoms with E-state index in [1.807, 2.05) is 6.92 Å². The molecule has 0 saturated heterocycles. The number of rotatable bonds is 3. The number of anilines is 1. The highest BCUT2D eigenvalue weighted by Crippen LogP contribution is 2.29. The Hall–Kier alpha value is -1.81. The average Bonchev–Trinajstić information content (AvgIpc) is 2.32. The van der Waals surface area contributed by atoms with E-state index < -0.39 is 5.82 Å². The van der Waals surface area contributed by atoms with Gasteiger partial charge in [0.2, 0.25) is 0 Å². The second-order valence-corrected chi connectivity index (χ2v) is 4.33. The number of phenols is 1. The molecule has 2 aromatic rings. The number of nitrogens with one attached hydrogen (secondary N) is 1. The number of aromatic nitrogens is 1. The van der Waals surface area contributed by atoms with Crippen LogP contribution in [0.4, 0.5) is 10.1 Å². The van der Waals surface area contributed by atoms with Gasteiger partial charge >= 0.3 is 0 Å². The fourth-order valence-corrected chi connectivity index (χ4v) is 1.84. The lowest BCUT2D eigenvalue weighted by atomic mass is 10.1. The van der Waals surface area contributed by atoms with Crippen LogP contribution in [0, 0.1) is 5.82 Å². The summed E-state index contributed by atoms with van der Waals surface area (Å²) in [6.45, 7) is 1.84. The molecule has 1 aromatic heterocycles. The Kier molecular flexibility index (Phi) is 3.67. The van der Waals surface area contributed by atoms with Crippen molar-refractivity contribution in [2.45, 2.75) is 13.0 Å². The van der Waals surface area contributed by atoms with Crippen LogP contribution >= 0.6 is 11.6 Å². The number of hydrogen-bond acceptors (Lipinski definition) is 3. The minimum Gasteiger partial charge on any atom is -0.507 e. The molecule has 1 unspecified atom stereocenters. The molecule has 0 aliphatic heterocycles. The number of phenolic OH excluding ortho intramolecular Hbond substituents is 1. The second-order valence-electron chi connectivity index (χ2n) is 3.92. The van der Waals surface area contributed by atoms with Crippen molar-refractivity contribution in [3.63, 3.8) is 0 Å². The van der Waals surface area contributed by atoms with Gasteiger partial charge in [0.25, 0.3) is 0 Å². The van der Waals surface area contributed by atoms with E-state index in [0.717, 1.165) is 6.07 Å². The van der Waals surface area contributed by atoms with E-state index in [0.29, 0.717) is 16.3 Å². The maximum atomic E-state index is 12.9. The van der Waals surface area contributed by atoms with Crippen LogP contribution < -0.4 is 5.32 Å². The molecule has 0 saturated carbocycles. The van der Waals surface area contributed by atoms with Crippen molar-refractivity contribution in [2.24, 2.45) is 0 Å². The predicted octanol–water partition coefficient (Wildman–Crippen LogP) is 3.75. The lowest BCUT2D eigenvalue weighted by Gasteiger charge is -2.17. The van der Waals surface area contributed by atoms with Crippen LogP contribution in [-0.2, 0) is 0 Å². The summed E-state index contributed by atoms with van der Waals surface area (Å²) in [5.41, 5.74) is 1.26. The Bertz CT molecular complexity index is 562. The molecule has 1 heterocycles. The fraction of sp³-hybridized carbons (Fsp3) is 0.154. The summed E-state index contributed by atoms with van der Waals surface area (Å²) in [6.07, 6.45) is 3.19. The van der Waals surface area contributed by atoms with Crippen molar-refractivity contribution in [2.75, 3.05) is 5.32 Å². The topological polar surface area (TPSA) is 45.2 Å². The number of pyridine rings is 1. The maximum Gasteiger partial charge on any atom is 0.126 e. The largest absolute Gasteiger partial charge is 0.507 e. The lowest BCUT2D eigenvalue weighted by molar-refractivity contribution is 0.459. The molecule has 0 aliphatic rings. The highest BCUT2D eigenvalue weighted by Gasteiger charge is 2.12. The van der Waals surface area contributed by atoms with Crippen LogP contribution in [0.25, 0.3) is 0 Å². The summed E-state index contributed by atoms with van der Waals surface area (Å²) in [5.74, 6) is -0.558. The van der Waals surface area contributed by atoms with Crippen LogP contribution in [0.5, 0.6) is 5.75 Å². The zero-order chi connectivity index (χ0) is 13.1. The highest BCUT2D eigenvalue weighted by molar-refractivity contribution is 6.33. The van der Waals surface area contributed by atoms with Crippen LogP contribution in [0.15, 0.2) is 36.7 Å². The predicted molar refractivity (Wildman–Crippen MR) is 69.3 cm³/mol. The minimum absolute atomic E-state index is 0.0880. The summed E-state index contributed by atoms with van der Waals surface area (Å²) in [6, 6.07) is 5.37. The smallest absolute Gasteiger partial charge is 0.126 e. The summed E-state index contributed by atoms with van der Waals surface area (Å²) in [5, 5.41) is 13.3. The Morgan fingerprint density at radius 2 is 2.17 bits per heavy atom. The Morgan fingerprint density at radius 3 is 2.83 bits per heavy atom. The van der Waals surface area contributed by atoms with E-state index in [2.05, 4.69) is 10.3 Å². The number of nitrogens with zero attached hydrogens (tertiary/aromatic N) is 1. The van der Waals surface area contributed by atoms with Crippen molar-refractivity contribution in [1.29, 1.82) is 0 Å². The van der Waals surface area contributed by atoms with E-state index in [1.165, 1.54) is 12.1 Å². The molecule has 0 bridgehead atoms. The van der Waals surface area contributed by atoms with Gasteiger partial charge < -0.3 is 10.4 Å². The van der Waals surface area contributed by atoms with E-state index in [4.69, 9.17) is 11.6 Å². The van der Waals surface area contributed by atoms with Crippen molar-refractivity contribution in [3.8, 4) is 5.75 Å². The van der Waals surface area contributed by atoms with E-state index in [1.54, 1.807) is 18.5 Å². The third kappa shape index (κ3) is 2.71. The summed E-state index contributed by atoms with van der Waals surface area (Å²) < 4.78 is 12.9. The van der Waals surface area contributed by atoms with Gasteiger partial charge in [-0.15, -0.1) is 0 Å². The molecule has 1 aromatic carbocycles. The van der Waals surface area contributed by atoms with Crippen molar-refractivity contribution < 1.29 is 9.50 Å². The van der Waals surface area contributed by atoms with Gasteiger partial charge in [0, 0.05) is 17.8 Å². The molecule has 5 heteroatoms. The molecule has 2 N–H and O–H groups in total. The maximum absolute atomic E-state index is 12.9. The first kappa shape index (κ1) is 12.6. The van der Waals surface area contributed by atoms with Gasteiger partial charge in [0.15, 0.2) is 0 Å². The Labute approximate surface area is 109 Å². The first-order valence-electron chi connectivity index (χ1n) is 5.42. The zero-order valence-corrected chi connectivity index (χ0v) is 10.4. The zero-order valence-electron chi connectivity index (χ0n) is 9.69. The van der Waals surface area contributed by atoms with Gasteiger partial charge in [-0.25, -0.2) is 4.39 Å².